The molecule has 0 saturated heterocycles. The summed E-state index contributed by atoms with van der Waals surface area (Å²) in [6, 6.07) is 10.0. The zero-order valence-electron chi connectivity index (χ0n) is 10.4. The predicted octanol–water partition coefficient (Wildman–Crippen LogP) is 2.79. The van der Waals surface area contributed by atoms with Gasteiger partial charge in [-0.05, 0) is 30.3 Å². The monoisotopic (exact) mass is 334 g/mol. The van der Waals surface area contributed by atoms with Crippen LogP contribution < -0.4 is 11.3 Å². The molecule has 0 aliphatic rings. The van der Waals surface area contributed by atoms with Gasteiger partial charge in [-0.25, -0.2) is 14.3 Å². The molecular formula is C14H12BrFN4. The van der Waals surface area contributed by atoms with Gasteiger partial charge in [0.2, 0.25) is 0 Å². The van der Waals surface area contributed by atoms with Crippen molar-refractivity contribution in [1.82, 2.24) is 15.0 Å². The van der Waals surface area contributed by atoms with Crippen LogP contribution >= 0.6 is 15.9 Å². The van der Waals surface area contributed by atoms with Gasteiger partial charge in [-0.2, -0.15) is 5.10 Å². The summed E-state index contributed by atoms with van der Waals surface area (Å²) in [5.74, 6) is 5.32. The third kappa shape index (κ3) is 2.22. The van der Waals surface area contributed by atoms with E-state index in [1.54, 1.807) is 22.8 Å². The Labute approximate surface area is 123 Å². The molecule has 1 atom stereocenters. The Balaban J connectivity index is 2.16. The van der Waals surface area contributed by atoms with Crippen LogP contribution in [0.2, 0.25) is 0 Å². The number of nitrogens with zero attached hydrogens (tertiary/aromatic N) is 2. The van der Waals surface area contributed by atoms with E-state index >= 15 is 0 Å². The van der Waals surface area contributed by atoms with Crippen molar-refractivity contribution in [3.05, 3.63) is 70.2 Å². The molecule has 20 heavy (non-hydrogen) atoms. The fourth-order valence-electron chi connectivity index (χ4n) is 2.26. The van der Waals surface area contributed by atoms with Crippen LogP contribution in [0.5, 0.6) is 0 Å². The first-order chi connectivity index (χ1) is 9.70. The van der Waals surface area contributed by atoms with Crippen LogP contribution in [0.15, 0.2) is 53.3 Å². The van der Waals surface area contributed by atoms with Crippen LogP contribution in [0.3, 0.4) is 0 Å². The lowest BCUT2D eigenvalue weighted by Gasteiger charge is -2.16. The van der Waals surface area contributed by atoms with Crippen molar-refractivity contribution >= 4 is 21.4 Å². The SMILES string of the molecule is NNC(c1cc(Br)ccc1F)c1cnn2ccccc12. The summed E-state index contributed by atoms with van der Waals surface area (Å²) in [4.78, 5) is 0. The van der Waals surface area contributed by atoms with Crippen molar-refractivity contribution in [1.29, 1.82) is 0 Å². The van der Waals surface area contributed by atoms with E-state index in [1.165, 1.54) is 6.07 Å². The molecule has 0 bridgehead atoms. The first-order valence-electron chi connectivity index (χ1n) is 6.04. The maximum atomic E-state index is 14.1. The summed E-state index contributed by atoms with van der Waals surface area (Å²) in [5, 5.41) is 4.25. The molecule has 0 aliphatic carbocycles. The van der Waals surface area contributed by atoms with Gasteiger partial charge in [0.15, 0.2) is 0 Å². The molecule has 0 radical (unpaired) electrons. The molecule has 2 aromatic heterocycles. The molecule has 4 nitrogen and oxygen atoms in total. The number of nitrogens with two attached hydrogens (primary N) is 1. The van der Waals surface area contributed by atoms with Gasteiger partial charge in [0.1, 0.15) is 5.82 Å². The Morgan fingerprint density at radius 1 is 1.25 bits per heavy atom. The van der Waals surface area contributed by atoms with E-state index in [4.69, 9.17) is 5.84 Å². The number of rotatable bonds is 3. The minimum absolute atomic E-state index is 0.313. The van der Waals surface area contributed by atoms with Gasteiger partial charge in [0.05, 0.1) is 17.8 Å². The number of pyridine rings is 1. The summed E-state index contributed by atoms with van der Waals surface area (Å²) >= 11 is 3.35. The number of fused-ring (bicyclic) bond motifs is 1. The highest BCUT2D eigenvalue weighted by atomic mass is 79.9. The van der Waals surface area contributed by atoms with Gasteiger partial charge < -0.3 is 0 Å². The second-order valence-corrected chi connectivity index (χ2v) is 5.31. The summed E-state index contributed by atoms with van der Waals surface area (Å²) < 4.78 is 16.6. The molecule has 0 aliphatic heterocycles. The topological polar surface area (TPSA) is 55.3 Å². The minimum atomic E-state index is -0.465. The Hall–Kier alpha value is -1.76. The normalized spacial score (nSPS) is 12.8. The number of nitrogens with one attached hydrogen (secondary N) is 1. The van der Waals surface area contributed by atoms with Crippen molar-refractivity contribution in [2.24, 2.45) is 5.84 Å². The highest BCUT2D eigenvalue weighted by Crippen LogP contribution is 2.28. The molecule has 0 fully saturated rings. The Morgan fingerprint density at radius 3 is 2.90 bits per heavy atom. The van der Waals surface area contributed by atoms with Crippen LogP contribution in [0.1, 0.15) is 17.2 Å². The number of halogens is 2. The Morgan fingerprint density at radius 2 is 2.10 bits per heavy atom. The maximum Gasteiger partial charge on any atom is 0.128 e. The number of hydrazine groups is 1. The average molecular weight is 335 g/mol. The van der Waals surface area contributed by atoms with Crippen molar-refractivity contribution in [2.75, 3.05) is 0 Å². The van der Waals surface area contributed by atoms with Crippen molar-refractivity contribution in [3.63, 3.8) is 0 Å². The van der Waals surface area contributed by atoms with E-state index < -0.39 is 6.04 Å². The highest BCUT2D eigenvalue weighted by Gasteiger charge is 2.20. The lowest BCUT2D eigenvalue weighted by molar-refractivity contribution is 0.561. The smallest absolute Gasteiger partial charge is 0.128 e. The van der Waals surface area contributed by atoms with E-state index in [0.29, 0.717) is 5.56 Å². The third-order valence-corrected chi connectivity index (χ3v) is 3.70. The summed E-state index contributed by atoms with van der Waals surface area (Å²) in [6.45, 7) is 0. The second-order valence-electron chi connectivity index (χ2n) is 4.40. The van der Waals surface area contributed by atoms with Gasteiger partial charge in [-0.3, -0.25) is 5.84 Å². The number of hydrogen-bond acceptors (Lipinski definition) is 3. The molecule has 2 heterocycles. The number of hydrogen-bond donors (Lipinski definition) is 2. The molecule has 3 N–H and O–H groups in total. The molecular weight excluding hydrogens is 323 g/mol. The Bertz CT molecular complexity index is 756. The van der Waals surface area contributed by atoms with E-state index in [2.05, 4.69) is 26.5 Å². The molecule has 0 amide bonds. The van der Waals surface area contributed by atoms with Crippen LogP contribution in [0.4, 0.5) is 4.39 Å². The average Bonchev–Trinajstić information content (AvgIpc) is 2.88. The molecule has 0 saturated carbocycles. The van der Waals surface area contributed by atoms with E-state index in [-0.39, 0.29) is 5.82 Å². The van der Waals surface area contributed by atoms with Gasteiger partial charge in [0.25, 0.3) is 0 Å². The fourth-order valence-corrected chi connectivity index (χ4v) is 2.64. The van der Waals surface area contributed by atoms with E-state index in [0.717, 1.165) is 15.6 Å². The fraction of sp³-hybridized carbons (Fsp3) is 0.0714. The summed E-state index contributed by atoms with van der Waals surface area (Å²) in [6.07, 6.45) is 3.53. The van der Waals surface area contributed by atoms with Crippen molar-refractivity contribution in [3.8, 4) is 0 Å². The summed E-state index contributed by atoms with van der Waals surface area (Å²) in [7, 11) is 0. The van der Waals surface area contributed by atoms with E-state index in [1.807, 2.05) is 24.4 Å². The van der Waals surface area contributed by atoms with Gasteiger partial charge in [0, 0.05) is 21.8 Å². The third-order valence-electron chi connectivity index (χ3n) is 3.20. The molecule has 102 valence electrons. The van der Waals surface area contributed by atoms with Crippen LogP contribution in [0.25, 0.3) is 5.52 Å². The zero-order valence-corrected chi connectivity index (χ0v) is 12.0. The minimum Gasteiger partial charge on any atom is -0.271 e. The van der Waals surface area contributed by atoms with Gasteiger partial charge >= 0.3 is 0 Å². The van der Waals surface area contributed by atoms with E-state index in [9.17, 15) is 4.39 Å². The van der Waals surface area contributed by atoms with Gasteiger partial charge in [-0.1, -0.05) is 22.0 Å². The number of benzene rings is 1. The largest absolute Gasteiger partial charge is 0.271 e. The van der Waals surface area contributed by atoms with Crippen LogP contribution in [-0.4, -0.2) is 9.61 Å². The summed E-state index contributed by atoms with van der Waals surface area (Å²) in [5.41, 5.74) is 4.85. The lowest BCUT2D eigenvalue weighted by Crippen LogP contribution is -2.29. The molecule has 3 aromatic rings. The first kappa shape index (κ1) is 13.2. The maximum absolute atomic E-state index is 14.1. The predicted molar refractivity (Wildman–Crippen MR) is 78.5 cm³/mol. The van der Waals surface area contributed by atoms with Crippen molar-refractivity contribution < 1.29 is 4.39 Å². The quantitative estimate of drug-likeness (QED) is 0.572. The molecule has 3 rings (SSSR count). The Kier molecular flexibility index (Phi) is 3.52. The molecule has 1 unspecified atom stereocenters. The molecule has 0 spiro atoms. The lowest BCUT2D eigenvalue weighted by atomic mass is 10.00. The van der Waals surface area contributed by atoms with Crippen LogP contribution in [0, 0.1) is 5.82 Å². The first-order valence-corrected chi connectivity index (χ1v) is 6.83. The highest BCUT2D eigenvalue weighted by molar-refractivity contribution is 9.10. The number of aromatic nitrogens is 2. The standard InChI is InChI=1S/C14H12BrFN4/c15-9-4-5-12(16)10(7-9)14(19-17)11-8-18-20-6-2-1-3-13(11)20/h1-8,14,19H,17H2. The molecule has 6 heteroatoms. The van der Waals surface area contributed by atoms with Crippen LogP contribution in [-0.2, 0) is 0 Å². The zero-order chi connectivity index (χ0) is 14.1. The van der Waals surface area contributed by atoms with Crippen molar-refractivity contribution in [2.45, 2.75) is 6.04 Å². The second kappa shape index (κ2) is 5.32. The van der Waals surface area contributed by atoms with Gasteiger partial charge in [-0.15, -0.1) is 0 Å². The molecule has 1 aromatic carbocycles.